The topological polar surface area (TPSA) is 228 Å². The number of carbonyl (C=O) groups excluding carboxylic acids is 6. The predicted molar refractivity (Wildman–Crippen MR) is 493 cm³/mol. The minimum Gasteiger partial charge on any atom is -0.512 e. The fourth-order valence-electron chi connectivity index (χ4n) is 12.0. The van der Waals surface area contributed by atoms with Crippen LogP contribution >= 0.6 is 0 Å². The van der Waals surface area contributed by atoms with Gasteiger partial charge in [-0.1, -0.05) is 233 Å². The average molecular weight is 2380 g/mol. The Hall–Kier alpha value is -13.1. The molecule has 11 aromatic carbocycles. The van der Waals surface area contributed by atoms with Gasteiger partial charge in [0.2, 0.25) is 0 Å². The predicted octanol–water partition coefficient (Wildman–Crippen LogP) is 24.8. The van der Waals surface area contributed by atoms with E-state index in [1.807, 2.05) is 249 Å². The number of allylic oxidation sites excluding steroid dienone is 6. The molecular formula is C109H92Ir4N5O9-5. The molecule has 0 atom stereocenters. The van der Waals surface area contributed by atoms with Crippen LogP contribution in [0.15, 0.2) is 394 Å². The summed E-state index contributed by atoms with van der Waals surface area (Å²) in [6.07, 6.45) is 10.3. The van der Waals surface area contributed by atoms with E-state index in [2.05, 4.69) is 138 Å². The van der Waals surface area contributed by atoms with E-state index in [9.17, 15) is 28.8 Å². The van der Waals surface area contributed by atoms with Gasteiger partial charge in [-0.3, -0.25) is 33.8 Å². The molecule has 16 aromatic rings. The maximum atomic E-state index is 12.4. The number of pyridine rings is 5. The SMILES string of the molecule is CC(=O)C=C(C)O.CC(=O)C=C(C)O.CC(=O)C=C(C)O.CC(C)(C)c1c[c-]c(-c2ccc(C(=O)c3ccccc3)cn2)cc1.O=C(c1c[c-]c(-c2ccccn2)cc1)c1ccccc1.O=C(c1ccccc1)c1ccc(-c2[c-]cccc2)nc1.[Ir].[Ir].[Ir].[Ir].[c-]1ccccc1-c1cc(-c2ccccc2)c2ccccc2n1.[c-]1ccccc1-c1nccc2ccccc12. The van der Waals surface area contributed by atoms with E-state index < -0.39 is 0 Å². The first-order valence-corrected chi connectivity index (χ1v) is 39.4. The van der Waals surface area contributed by atoms with E-state index in [0.717, 1.165) is 61.8 Å². The van der Waals surface area contributed by atoms with Crippen molar-refractivity contribution in [1.82, 2.24) is 24.9 Å². The summed E-state index contributed by atoms with van der Waals surface area (Å²) in [5, 5.41) is 28.6. The Morgan fingerprint density at radius 1 is 0.315 bits per heavy atom. The third kappa shape index (κ3) is 34.4. The molecule has 4 radical (unpaired) electrons. The monoisotopic (exact) mass is 2390 g/mol. The minimum absolute atomic E-state index is 0. The second kappa shape index (κ2) is 54.6. The normalized spacial score (nSPS) is 10.4. The van der Waals surface area contributed by atoms with Crippen molar-refractivity contribution >= 4 is 56.4 Å². The number of para-hydroxylation sites is 1. The average Bonchev–Trinajstić information content (AvgIpc) is 0.742. The van der Waals surface area contributed by atoms with Gasteiger partial charge >= 0.3 is 0 Å². The summed E-state index contributed by atoms with van der Waals surface area (Å²) in [6.45, 7) is 15.1. The maximum Gasteiger partial charge on any atom is 0.194 e. The Bertz CT molecular complexity index is 5980. The first-order valence-electron chi connectivity index (χ1n) is 39.4. The molecule has 0 aliphatic rings. The van der Waals surface area contributed by atoms with E-state index in [-0.39, 0.29) is 138 Å². The Labute approximate surface area is 797 Å². The number of fused-ring (bicyclic) bond motifs is 2. The van der Waals surface area contributed by atoms with Crippen LogP contribution in [0.25, 0.3) is 89.1 Å². The van der Waals surface area contributed by atoms with Gasteiger partial charge < -0.3 is 35.3 Å². The maximum absolute atomic E-state index is 12.4. The zero-order valence-electron chi connectivity index (χ0n) is 71.2. The van der Waals surface area contributed by atoms with Crippen LogP contribution in [0.2, 0.25) is 0 Å². The molecule has 0 aliphatic carbocycles. The number of hydrogen-bond acceptors (Lipinski definition) is 14. The number of benzene rings is 11. The number of aliphatic hydroxyl groups is 3. The van der Waals surface area contributed by atoms with E-state index in [1.165, 1.54) is 92.6 Å². The Morgan fingerprint density at radius 3 is 1.09 bits per heavy atom. The molecule has 0 fully saturated rings. The molecule has 0 saturated heterocycles. The van der Waals surface area contributed by atoms with Crippen molar-refractivity contribution in [2.75, 3.05) is 0 Å². The standard InChI is InChI=1S/C22H20NO.C21H14N.2C18H12NO.C15H10N.3C5H8O2.4Ir/c1-22(2,3)19-12-9-16(10-13-19)20-14-11-18(15-23-20)21(24)17-7-5-4-6-8-17;1-3-9-16(10-4-1)19-15-21(17-11-5-2-6-12-17)22-20-14-8-7-13-18(19)20;20-18(15-9-5-2-6-10-15)16-11-12-17(19-13-16)14-7-3-1-4-8-14;20-18(15-6-2-1-3-7-15)16-11-9-14(10-12-16)17-8-4-5-13-19-17;1-2-7-13(8-3-1)15-14-9-5-4-6-12(14)10-11-16-15;3*1-4(6)3-5(2)7;;;;/h4-9,11-15H,1-3H3;1-11,13-15H;1-7,9-13H;1-9,11-13H;1-7,9-11H;3*3,6H,1-2H3;;;;/q5*-1;;;;;;;. The van der Waals surface area contributed by atoms with Crippen molar-refractivity contribution in [2.45, 2.75) is 67.7 Å². The molecule has 127 heavy (non-hydrogen) atoms. The number of nitrogens with zero attached hydrogens (tertiary/aromatic N) is 5. The van der Waals surface area contributed by atoms with E-state index >= 15 is 0 Å². The molecule has 0 bridgehead atoms. The number of rotatable bonds is 15. The molecule has 14 nitrogen and oxygen atoms in total. The van der Waals surface area contributed by atoms with E-state index in [0.29, 0.717) is 33.4 Å². The van der Waals surface area contributed by atoms with Gasteiger partial charge in [0, 0.05) is 157 Å². The first kappa shape index (κ1) is 104. The van der Waals surface area contributed by atoms with Crippen LogP contribution < -0.4 is 0 Å². The van der Waals surface area contributed by atoms with Crippen molar-refractivity contribution < 1.29 is 125 Å². The summed E-state index contributed by atoms with van der Waals surface area (Å²) in [7, 11) is 0. The summed E-state index contributed by atoms with van der Waals surface area (Å²) in [4.78, 5) is 89.2. The van der Waals surface area contributed by atoms with Crippen LogP contribution in [-0.2, 0) is 100 Å². The second-order valence-electron chi connectivity index (χ2n) is 28.7. The largest absolute Gasteiger partial charge is 0.512 e. The molecule has 0 aliphatic heterocycles. The fraction of sp³-hybridized carbons (Fsp3) is 0.0917. The zero-order chi connectivity index (χ0) is 87.9. The molecule has 3 N–H and O–H groups in total. The van der Waals surface area contributed by atoms with Crippen LogP contribution in [-0.4, -0.2) is 74.9 Å². The quantitative estimate of drug-likeness (QED) is 0.0376. The van der Waals surface area contributed by atoms with Gasteiger partial charge in [0.05, 0.1) is 22.8 Å². The van der Waals surface area contributed by atoms with E-state index in [1.54, 1.807) is 42.9 Å². The summed E-state index contributed by atoms with van der Waals surface area (Å²) in [5.41, 5.74) is 17.9. The van der Waals surface area contributed by atoms with Crippen LogP contribution in [0.5, 0.6) is 0 Å². The molecule has 0 amide bonds. The van der Waals surface area contributed by atoms with Gasteiger partial charge in [0.25, 0.3) is 0 Å². The van der Waals surface area contributed by atoms with Crippen LogP contribution in [0.4, 0.5) is 0 Å². The van der Waals surface area contributed by atoms with Crippen molar-refractivity contribution in [2.24, 2.45) is 0 Å². The number of aromatic nitrogens is 5. The molecule has 5 aromatic heterocycles. The molecule has 0 saturated carbocycles. The number of aliphatic hydroxyl groups excluding tert-OH is 3. The van der Waals surface area contributed by atoms with E-state index in [4.69, 9.17) is 20.3 Å². The molecular weight excluding hydrogens is 2290 g/mol. The van der Waals surface area contributed by atoms with Gasteiger partial charge in [0.15, 0.2) is 34.7 Å². The molecule has 0 unspecified atom stereocenters. The van der Waals surface area contributed by atoms with Crippen molar-refractivity contribution in [1.29, 1.82) is 0 Å². The van der Waals surface area contributed by atoms with Gasteiger partial charge in [-0.05, 0) is 116 Å². The smallest absolute Gasteiger partial charge is 0.194 e. The molecule has 648 valence electrons. The van der Waals surface area contributed by atoms with Crippen molar-refractivity contribution in [3.05, 3.63) is 463 Å². The third-order valence-corrected chi connectivity index (χ3v) is 17.8. The Kier molecular flexibility index (Phi) is 44.9. The Balaban J connectivity index is 0.000000265. The van der Waals surface area contributed by atoms with Crippen LogP contribution in [0.1, 0.15) is 116 Å². The van der Waals surface area contributed by atoms with Gasteiger partial charge in [-0.15, -0.1) is 173 Å². The molecule has 5 heterocycles. The first-order chi connectivity index (χ1) is 59.4. The van der Waals surface area contributed by atoms with Crippen LogP contribution in [0, 0.1) is 30.3 Å². The number of hydrogen-bond donors (Lipinski definition) is 3. The van der Waals surface area contributed by atoms with Gasteiger partial charge in [0.1, 0.15) is 0 Å². The second-order valence-corrected chi connectivity index (χ2v) is 28.7. The summed E-state index contributed by atoms with van der Waals surface area (Å²) in [5.74, 6) is -0.203. The molecule has 0 spiro atoms. The molecule has 18 heteroatoms. The Morgan fingerprint density at radius 2 is 0.701 bits per heavy atom. The van der Waals surface area contributed by atoms with Gasteiger partial charge in [-0.2, -0.15) is 0 Å². The number of ketones is 6. The third-order valence-electron chi connectivity index (χ3n) is 17.8. The molecule has 16 rings (SSSR count). The zero-order valence-corrected chi connectivity index (χ0v) is 80.7. The van der Waals surface area contributed by atoms with Gasteiger partial charge in [-0.25, -0.2) is 0 Å². The van der Waals surface area contributed by atoms with Crippen molar-refractivity contribution in [3.63, 3.8) is 0 Å². The number of carbonyl (C=O) groups is 6. The summed E-state index contributed by atoms with van der Waals surface area (Å²) >= 11 is 0. The summed E-state index contributed by atoms with van der Waals surface area (Å²) < 4.78 is 0. The fourth-order valence-corrected chi connectivity index (χ4v) is 12.0. The summed E-state index contributed by atoms with van der Waals surface area (Å²) in [6, 6.07) is 123. The minimum atomic E-state index is -0.125. The van der Waals surface area contributed by atoms with Crippen molar-refractivity contribution in [3.8, 4) is 67.4 Å². The van der Waals surface area contributed by atoms with Crippen LogP contribution in [0.3, 0.4) is 0 Å².